The van der Waals surface area contributed by atoms with E-state index in [2.05, 4.69) is 20.3 Å². The van der Waals surface area contributed by atoms with Crippen molar-refractivity contribution < 1.29 is 9.47 Å². The molecule has 1 heterocycles. The first-order chi connectivity index (χ1) is 13.2. The molecule has 140 valence electrons. The summed E-state index contributed by atoms with van der Waals surface area (Å²) in [6.07, 6.45) is 0. The summed E-state index contributed by atoms with van der Waals surface area (Å²) in [5, 5.41) is 3.13. The number of hydrogen-bond acceptors (Lipinski definition) is 8. The highest BCUT2D eigenvalue weighted by Crippen LogP contribution is 2.25. The van der Waals surface area contributed by atoms with Crippen molar-refractivity contribution in [2.24, 2.45) is 0 Å². The molecule has 3 aromatic rings. The van der Waals surface area contributed by atoms with Crippen LogP contribution in [0.1, 0.15) is 5.82 Å². The third kappa shape index (κ3) is 5.75. The van der Waals surface area contributed by atoms with Crippen LogP contribution in [0.3, 0.4) is 0 Å². The minimum atomic E-state index is 0.179. The van der Waals surface area contributed by atoms with Gasteiger partial charge in [0.15, 0.2) is 0 Å². The average Bonchev–Trinajstić information content (AvgIpc) is 2.68. The van der Waals surface area contributed by atoms with Gasteiger partial charge in [-0.15, -0.1) is 0 Å². The van der Waals surface area contributed by atoms with Gasteiger partial charge in [-0.1, -0.05) is 30.3 Å². The number of hydrogen-bond donors (Lipinski definition) is 2. The third-order valence-electron chi connectivity index (χ3n) is 3.52. The Morgan fingerprint density at radius 3 is 2.59 bits per heavy atom. The van der Waals surface area contributed by atoms with Crippen LogP contribution >= 0.6 is 11.8 Å². The zero-order valence-corrected chi connectivity index (χ0v) is 15.8. The maximum atomic E-state index is 5.82. The Labute approximate surface area is 162 Å². The van der Waals surface area contributed by atoms with E-state index in [1.54, 1.807) is 18.9 Å². The first-order valence-corrected chi connectivity index (χ1v) is 9.56. The van der Waals surface area contributed by atoms with Crippen LogP contribution < -0.4 is 20.5 Å². The topological polar surface area (TPSA) is 95.2 Å². The molecule has 27 heavy (non-hydrogen) atoms. The predicted molar refractivity (Wildman–Crippen MR) is 109 cm³/mol. The molecule has 1 aromatic heterocycles. The second-order valence-corrected chi connectivity index (χ2v) is 6.58. The van der Waals surface area contributed by atoms with Gasteiger partial charge in [0.1, 0.15) is 17.3 Å². The van der Waals surface area contributed by atoms with Crippen molar-refractivity contribution in [2.75, 3.05) is 30.5 Å². The Kier molecular flexibility index (Phi) is 6.70. The summed E-state index contributed by atoms with van der Waals surface area (Å²) in [4.78, 5) is 12.8. The lowest BCUT2D eigenvalue weighted by molar-refractivity contribution is 0.344. The fourth-order valence-electron chi connectivity index (χ4n) is 2.33. The molecule has 0 spiro atoms. The number of rotatable bonds is 9. The lowest BCUT2D eigenvalue weighted by Gasteiger charge is -2.10. The summed E-state index contributed by atoms with van der Waals surface area (Å²) < 4.78 is 11.0. The number of nitrogens with one attached hydrogen (secondary N) is 1. The number of methoxy groups -OCH3 is 1. The number of anilines is 3. The van der Waals surface area contributed by atoms with Gasteiger partial charge in [-0.3, -0.25) is 0 Å². The van der Waals surface area contributed by atoms with Crippen LogP contribution in [-0.4, -0.2) is 34.4 Å². The smallest absolute Gasteiger partial charge is 0.232 e. The fraction of sp³-hybridized carbons (Fsp3) is 0.211. The van der Waals surface area contributed by atoms with Crippen molar-refractivity contribution in [3.63, 3.8) is 0 Å². The molecule has 2 aromatic carbocycles. The highest BCUT2D eigenvalue weighted by atomic mass is 32.2. The molecule has 0 aliphatic carbocycles. The van der Waals surface area contributed by atoms with E-state index in [1.165, 1.54) is 0 Å². The number of ether oxygens (including phenoxy) is 2. The molecule has 3 rings (SSSR count). The summed E-state index contributed by atoms with van der Waals surface area (Å²) in [7, 11) is 1.61. The Morgan fingerprint density at radius 1 is 1.00 bits per heavy atom. The van der Waals surface area contributed by atoms with E-state index in [1.807, 2.05) is 54.6 Å². The minimum Gasteiger partial charge on any atom is -0.495 e. The number of nitrogens with zero attached hydrogens (tertiary/aromatic N) is 3. The van der Waals surface area contributed by atoms with Crippen LogP contribution in [0, 0.1) is 0 Å². The number of nitrogens with two attached hydrogens (primary N) is 1. The molecule has 0 unspecified atom stereocenters. The third-order valence-corrected chi connectivity index (χ3v) is 4.44. The second-order valence-electron chi connectivity index (χ2n) is 5.47. The van der Waals surface area contributed by atoms with Crippen LogP contribution in [0.5, 0.6) is 11.5 Å². The van der Waals surface area contributed by atoms with Crippen LogP contribution in [0.4, 0.5) is 17.6 Å². The van der Waals surface area contributed by atoms with Crippen molar-refractivity contribution in [2.45, 2.75) is 5.75 Å². The molecule has 0 bridgehead atoms. The number of aromatic nitrogens is 3. The highest BCUT2D eigenvalue weighted by molar-refractivity contribution is 7.98. The Bertz CT molecular complexity index is 864. The fourth-order valence-corrected chi connectivity index (χ4v) is 2.98. The maximum absolute atomic E-state index is 5.82. The van der Waals surface area contributed by atoms with Gasteiger partial charge in [0.25, 0.3) is 0 Å². The van der Waals surface area contributed by atoms with E-state index in [0.717, 1.165) is 17.2 Å². The molecule has 0 radical (unpaired) electrons. The standard InChI is InChI=1S/C19H21N5O2S/c1-25-16-10-6-5-9-15(16)21-19-23-17(22-18(20)24-19)13-27-12-11-26-14-7-3-2-4-8-14/h2-10H,11-13H2,1H3,(H3,20,21,22,23,24). The van der Waals surface area contributed by atoms with E-state index < -0.39 is 0 Å². The molecule has 0 saturated heterocycles. The molecule has 0 atom stereocenters. The largest absolute Gasteiger partial charge is 0.495 e. The zero-order chi connectivity index (χ0) is 18.9. The van der Waals surface area contributed by atoms with Gasteiger partial charge in [-0.25, -0.2) is 0 Å². The summed E-state index contributed by atoms with van der Waals surface area (Å²) >= 11 is 1.67. The number of para-hydroxylation sites is 3. The van der Waals surface area contributed by atoms with Crippen LogP contribution in [0.25, 0.3) is 0 Å². The lowest BCUT2D eigenvalue weighted by atomic mass is 10.3. The predicted octanol–water partition coefficient (Wildman–Crippen LogP) is 3.52. The van der Waals surface area contributed by atoms with Gasteiger partial charge in [0.2, 0.25) is 11.9 Å². The molecular weight excluding hydrogens is 362 g/mol. The summed E-state index contributed by atoms with van der Waals surface area (Å²) in [5.74, 6) is 4.18. The number of benzene rings is 2. The summed E-state index contributed by atoms with van der Waals surface area (Å²) in [6, 6.07) is 17.3. The molecule has 0 aliphatic rings. The minimum absolute atomic E-state index is 0.179. The maximum Gasteiger partial charge on any atom is 0.232 e. The van der Waals surface area contributed by atoms with Gasteiger partial charge in [-0.05, 0) is 24.3 Å². The van der Waals surface area contributed by atoms with Crippen LogP contribution in [0.15, 0.2) is 54.6 Å². The lowest BCUT2D eigenvalue weighted by Crippen LogP contribution is -2.07. The van der Waals surface area contributed by atoms with Gasteiger partial charge < -0.3 is 20.5 Å². The van der Waals surface area contributed by atoms with Gasteiger partial charge in [0, 0.05) is 5.75 Å². The van der Waals surface area contributed by atoms with Crippen molar-refractivity contribution >= 4 is 29.3 Å². The van der Waals surface area contributed by atoms with Crippen molar-refractivity contribution in [3.8, 4) is 11.5 Å². The SMILES string of the molecule is COc1ccccc1Nc1nc(N)nc(CSCCOc2ccccc2)n1. The van der Waals surface area contributed by atoms with Gasteiger partial charge in [-0.2, -0.15) is 26.7 Å². The Balaban J connectivity index is 1.54. The second kappa shape index (κ2) is 9.63. The quantitative estimate of drug-likeness (QED) is 0.542. The highest BCUT2D eigenvalue weighted by Gasteiger charge is 2.08. The van der Waals surface area contributed by atoms with E-state index in [0.29, 0.717) is 29.9 Å². The van der Waals surface area contributed by atoms with Gasteiger partial charge in [0.05, 0.1) is 25.2 Å². The molecule has 3 N–H and O–H groups in total. The normalized spacial score (nSPS) is 10.4. The first kappa shape index (κ1) is 18.8. The van der Waals surface area contributed by atoms with Crippen molar-refractivity contribution in [1.29, 1.82) is 0 Å². The molecular formula is C19H21N5O2S. The number of nitrogen functional groups attached to an aromatic ring is 1. The molecule has 0 aliphatic heterocycles. The Hall–Kier alpha value is -3.00. The van der Waals surface area contributed by atoms with Crippen molar-refractivity contribution in [3.05, 3.63) is 60.4 Å². The van der Waals surface area contributed by atoms with E-state index in [4.69, 9.17) is 15.2 Å². The molecule has 0 fully saturated rings. The Morgan fingerprint density at radius 2 is 1.78 bits per heavy atom. The molecule has 7 nitrogen and oxygen atoms in total. The monoisotopic (exact) mass is 383 g/mol. The summed E-state index contributed by atoms with van der Waals surface area (Å²) in [5.41, 5.74) is 6.59. The number of thioether (sulfide) groups is 1. The van der Waals surface area contributed by atoms with E-state index in [9.17, 15) is 0 Å². The van der Waals surface area contributed by atoms with Gasteiger partial charge >= 0.3 is 0 Å². The molecule has 8 heteroatoms. The van der Waals surface area contributed by atoms with E-state index >= 15 is 0 Å². The van der Waals surface area contributed by atoms with Crippen molar-refractivity contribution in [1.82, 2.24) is 15.0 Å². The molecule has 0 amide bonds. The first-order valence-electron chi connectivity index (χ1n) is 8.40. The average molecular weight is 383 g/mol. The van der Waals surface area contributed by atoms with E-state index in [-0.39, 0.29) is 5.95 Å². The molecule has 0 saturated carbocycles. The van der Waals surface area contributed by atoms with Crippen LogP contribution in [0.2, 0.25) is 0 Å². The summed E-state index contributed by atoms with van der Waals surface area (Å²) in [6.45, 7) is 0.613. The van der Waals surface area contributed by atoms with Crippen LogP contribution in [-0.2, 0) is 5.75 Å². The zero-order valence-electron chi connectivity index (χ0n) is 15.0.